The van der Waals surface area contributed by atoms with E-state index in [0.717, 1.165) is 24.2 Å². The lowest BCUT2D eigenvalue weighted by atomic mass is 10.3. The first kappa shape index (κ1) is 16.1. The number of imide groups is 1. The third kappa shape index (κ3) is 3.11. The number of thioether (sulfide) groups is 1. The number of nitrogens with zero attached hydrogens (tertiary/aromatic N) is 5. The molecular formula is C16H18N6O2S. The van der Waals surface area contributed by atoms with Crippen molar-refractivity contribution < 1.29 is 9.59 Å². The van der Waals surface area contributed by atoms with E-state index in [1.165, 1.54) is 16.7 Å². The zero-order valence-electron chi connectivity index (χ0n) is 13.8. The van der Waals surface area contributed by atoms with Crippen LogP contribution in [0.2, 0.25) is 0 Å². The van der Waals surface area contributed by atoms with Gasteiger partial charge in [-0.25, -0.2) is 4.79 Å². The molecule has 2 aromatic rings. The monoisotopic (exact) mass is 358 g/mol. The van der Waals surface area contributed by atoms with Crippen LogP contribution < -0.4 is 5.32 Å². The van der Waals surface area contributed by atoms with Crippen molar-refractivity contribution >= 4 is 23.7 Å². The molecule has 2 fully saturated rings. The van der Waals surface area contributed by atoms with Gasteiger partial charge in [0.15, 0.2) is 11.0 Å². The molecule has 25 heavy (non-hydrogen) atoms. The van der Waals surface area contributed by atoms with E-state index in [4.69, 9.17) is 0 Å². The second kappa shape index (κ2) is 6.47. The van der Waals surface area contributed by atoms with Gasteiger partial charge >= 0.3 is 6.03 Å². The molecule has 1 aliphatic heterocycles. The van der Waals surface area contributed by atoms with E-state index >= 15 is 0 Å². The van der Waals surface area contributed by atoms with Gasteiger partial charge in [-0.3, -0.25) is 19.2 Å². The number of carbonyl (C=O) groups excluding carboxylic acids is 2. The minimum Gasteiger partial charge on any atom is -0.336 e. The molecule has 2 aliphatic rings. The molecule has 9 heteroatoms. The maximum atomic E-state index is 12.5. The summed E-state index contributed by atoms with van der Waals surface area (Å²) in [7, 11) is 0. The molecule has 0 radical (unpaired) electrons. The Bertz CT molecular complexity index is 804. The highest BCUT2D eigenvalue weighted by molar-refractivity contribution is 8.00. The van der Waals surface area contributed by atoms with E-state index in [1.807, 2.05) is 12.1 Å². The summed E-state index contributed by atoms with van der Waals surface area (Å²) in [5.74, 6) is 0.574. The number of urea groups is 1. The summed E-state index contributed by atoms with van der Waals surface area (Å²) in [5, 5.41) is 11.6. The Balaban J connectivity index is 1.57. The molecule has 3 heterocycles. The maximum Gasteiger partial charge on any atom is 0.324 e. The average molecular weight is 358 g/mol. The van der Waals surface area contributed by atoms with Gasteiger partial charge in [0.1, 0.15) is 0 Å². The van der Waals surface area contributed by atoms with Gasteiger partial charge in [-0.2, -0.15) is 0 Å². The predicted octanol–water partition coefficient (Wildman–Crippen LogP) is 1.71. The zero-order chi connectivity index (χ0) is 17.4. The fourth-order valence-corrected chi connectivity index (χ4v) is 3.80. The highest BCUT2D eigenvalue weighted by Gasteiger charge is 2.34. The number of pyridine rings is 1. The number of hydrogen-bond donors (Lipinski definition) is 1. The molecule has 3 amide bonds. The minimum absolute atomic E-state index is 0.201. The van der Waals surface area contributed by atoms with Crippen LogP contribution in [-0.4, -0.2) is 54.9 Å². The molecule has 1 aliphatic carbocycles. The molecule has 1 atom stereocenters. The maximum absolute atomic E-state index is 12.5. The van der Waals surface area contributed by atoms with Gasteiger partial charge in [-0.15, -0.1) is 10.2 Å². The van der Waals surface area contributed by atoms with Crippen molar-refractivity contribution in [2.45, 2.75) is 36.2 Å². The van der Waals surface area contributed by atoms with Crippen LogP contribution in [0, 0.1) is 0 Å². The summed E-state index contributed by atoms with van der Waals surface area (Å²) < 4.78 is 2.09. The standard InChI is InChI=1S/C16H18N6O2S/c1-10(14(23)21-8-7-18-15(21)24)25-16-20-19-13(22(16)12-4-5-12)11-3-2-6-17-9-11/h2-3,6,9-10,12H,4-5,7-8H2,1H3,(H,18,24)/t10-/m1/s1. The number of aromatic nitrogens is 4. The quantitative estimate of drug-likeness (QED) is 0.818. The van der Waals surface area contributed by atoms with Gasteiger partial charge < -0.3 is 5.32 Å². The van der Waals surface area contributed by atoms with Gasteiger partial charge in [0.05, 0.1) is 5.25 Å². The van der Waals surface area contributed by atoms with Crippen LogP contribution in [0.15, 0.2) is 29.7 Å². The van der Waals surface area contributed by atoms with Crippen molar-refractivity contribution in [1.82, 2.24) is 30.0 Å². The molecule has 1 saturated carbocycles. The number of nitrogens with one attached hydrogen (secondary N) is 1. The van der Waals surface area contributed by atoms with Crippen LogP contribution in [0.3, 0.4) is 0 Å². The van der Waals surface area contributed by atoms with Crippen molar-refractivity contribution in [1.29, 1.82) is 0 Å². The Kier molecular flexibility index (Phi) is 4.16. The van der Waals surface area contributed by atoms with Crippen LogP contribution in [-0.2, 0) is 4.79 Å². The second-order valence-electron chi connectivity index (χ2n) is 6.13. The zero-order valence-corrected chi connectivity index (χ0v) is 14.6. The number of rotatable bonds is 5. The smallest absolute Gasteiger partial charge is 0.324 e. The normalized spacial score (nSPS) is 18.3. The average Bonchev–Trinajstić information content (AvgIpc) is 3.24. The lowest BCUT2D eigenvalue weighted by molar-refractivity contribution is -0.126. The molecule has 2 aromatic heterocycles. The van der Waals surface area contributed by atoms with E-state index in [1.54, 1.807) is 19.3 Å². The molecule has 4 rings (SSSR count). The SMILES string of the molecule is C[C@@H](Sc1nnc(-c2cccnc2)n1C1CC1)C(=O)N1CCNC1=O. The number of amides is 3. The second-order valence-corrected chi connectivity index (χ2v) is 7.44. The Labute approximate surface area is 149 Å². The van der Waals surface area contributed by atoms with Crippen LogP contribution in [0.5, 0.6) is 0 Å². The molecule has 8 nitrogen and oxygen atoms in total. The first-order chi connectivity index (χ1) is 12.1. The molecule has 0 unspecified atom stereocenters. The fourth-order valence-electron chi connectivity index (χ4n) is 2.82. The molecule has 1 saturated heterocycles. The van der Waals surface area contributed by atoms with Crippen LogP contribution in [0.1, 0.15) is 25.8 Å². The largest absolute Gasteiger partial charge is 0.336 e. The highest BCUT2D eigenvalue weighted by Crippen LogP contribution is 2.41. The van der Waals surface area contributed by atoms with Gasteiger partial charge in [0.25, 0.3) is 0 Å². The highest BCUT2D eigenvalue weighted by atomic mass is 32.2. The number of carbonyl (C=O) groups is 2. The summed E-state index contributed by atoms with van der Waals surface area (Å²) in [4.78, 5) is 29.6. The Hall–Kier alpha value is -2.42. The Morgan fingerprint density at radius 2 is 2.24 bits per heavy atom. The summed E-state index contributed by atoms with van der Waals surface area (Å²) in [6.45, 7) is 2.72. The van der Waals surface area contributed by atoms with Crippen LogP contribution >= 0.6 is 11.8 Å². The van der Waals surface area contributed by atoms with Crippen molar-refractivity contribution in [3.05, 3.63) is 24.5 Å². The summed E-state index contributed by atoms with van der Waals surface area (Å²) >= 11 is 1.35. The molecular weight excluding hydrogens is 340 g/mol. The van der Waals surface area contributed by atoms with Crippen LogP contribution in [0.4, 0.5) is 4.79 Å². The molecule has 0 bridgehead atoms. The van der Waals surface area contributed by atoms with E-state index in [2.05, 4.69) is 25.1 Å². The van der Waals surface area contributed by atoms with E-state index in [0.29, 0.717) is 24.3 Å². The van der Waals surface area contributed by atoms with E-state index in [9.17, 15) is 9.59 Å². The van der Waals surface area contributed by atoms with Crippen molar-refractivity contribution in [3.63, 3.8) is 0 Å². The van der Waals surface area contributed by atoms with E-state index in [-0.39, 0.29) is 11.9 Å². The molecule has 0 spiro atoms. The first-order valence-corrected chi connectivity index (χ1v) is 9.14. The topological polar surface area (TPSA) is 93.0 Å². The summed E-state index contributed by atoms with van der Waals surface area (Å²) in [5.41, 5.74) is 0.909. The Morgan fingerprint density at radius 3 is 2.88 bits per heavy atom. The third-order valence-corrected chi connectivity index (χ3v) is 5.29. The van der Waals surface area contributed by atoms with Gasteiger partial charge in [-0.1, -0.05) is 11.8 Å². The molecule has 130 valence electrons. The fraction of sp³-hybridized carbons (Fsp3) is 0.438. The van der Waals surface area contributed by atoms with Crippen LogP contribution in [0.25, 0.3) is 11.4 Å². The van der Waals surface area contributed by atoms with Gasteiger partial charge in [0, 0.05) is 37.1 Å². The van der Waals surface area contributed by atoms with Crippen molar-refractivity contribution in [2.75, 3.05) is 13.1 Å². The minimum atomic E-state index is -0.410. The third-order valence-electron chi connectivity index (χ3n) is 4.25. The van der Waals surface area contributed by atoms with Gasteiger partial charge in [-0.05, 0) is 31.9 Å². The predicted molar refractivity (Wildman–Crippen MR) is 92.0 cm³/mol. The van der Waals surface area contributed by atoms with E-state index < -0.39 is 5.25 Å². The lowest BCUT2D eigenvalue weighted by Crippen LogP contribution is -2.39. The summed E-state index contributed by atoms with van der Waals surface area (Å²) in [6.07, 6.45) is 5.64. The molecule has 1 N–H and O–H groups in total. The Morgan fingerprint density at radius 1 is 1.40 bits per heavy atom. The molecule has 0 aromatic carbocycles. The number of hydrogen-bond acceptors (Lipinski definition) is 6. The van der Waals surface area contributed by atoms with Crippen molar-refractivity contribution in [3.8, 4) is 11.4 Å². The first-order valence-electron chi connectivity index (χ1n) is 8.26. The summed E-state index contributed by atoms with van der Waals surface area (Å²) in [6, 6.07) is 3.86. The lowest BCUT2D eigenvalue weighted by Gasteiger charge is -2.17. The van der Waals surface area contributed by atoms with Crippen molar-refractivity contribution in [2.24, 2.45) is 0 Å². The van der Waals surface area contributed by atoms with Gasteiger partial charge in [0.2, 0.25) is 5.91 Å².